The number of anilines is 1. The van der Waals surface area contributed by atoms with E-state index in [1.165, 1.54) is 18.4 Å². The molecule has 24 heavy (non-hydrogen) atoms. The fourth-order valence-corrected chi connectivity index (χ4v) is 3.58. The van der Waals surface area contributed by atoms with Crippen LogP contribution in [0.5, 0.6) is 0 Å². The first-order valence-electron chi connectivity index (χ1n) is 8.42. The van der Waals surface area contributed by atoms with E-state index >= 15 is 0 Å². The van der Waals surface area contributed by atoms with Crippen LogP contribution >= 0.6 is 0 Å². The summed E-state index contributed by atoms with van der Waals surface area (Å²) in [5, 5.41) is 12.4. The molecule has 0 unspecified atom stereocenters. The number of hydrogen-bond acceptors (Lipinski definition) is 5. The Hall–Kier alpha value is -2.45. The molecule has 0 radical (unpaired) electrons. The van der Waals surface area contributed by atoms with E-state index < -0.39 is 0 Å². The molecule has 1 aromatic carbocycles. The minimum atomic E-state index is 0.396. The largest absolute Gasteiger partial charge is 0.354 e. The van der Waals surface area contributed by atoms with Crippen LogP contribution in [0.4, 0.5) is 5.95 Å². The van der Waals surface area contributed by atoms with Crippen molar-refractivity contribution < 1.29 is 0 Å². The van der Waals surface area contributed by atoms with Crippen molar-refractivity contribution in [2.24, 2.45) is 5.92 Å². The van der Waals surface area contributed by atoms with E-state index in [4.69, 9.17) is 5.26 Å². The van der Waals surface area contributed by atoms with Crippen LogP contribution in [-0.2, 0) is 0 Å². The number of nitriles is 1. The lowest BCUT2D eigenvalue weighted by atomic mass is 9.85. The van der Waals surface area contributed by atoms with Gasteiger partial charge >= 0.3 is 0 Å². The van der Waals surface area contributed by atoms with Crippen LogP contribution in [0.25, 0.3) is 0 Å². The van der Waals surface area contributed by atoms with Gasteiger partial charge in [-0.1, -0.05) is 30.3 Å². The maximum absolute atomic E-state index is 9.05. The maximum atomic E-state index is 9.05. The number of piperidine rings is 1. The molecule has 0 spiro atoms. The van der Waals surface area contributed by atoms with Crippen molar-refractivity contribution in [3.05, 3.63) is 53.3 Å². The molecule has 124 valence electrons. The second kappa shape index (κ2) is 7.41. The number of likely N-dealkylation sites (tertiary alicyclic amines) is 1. The predicted molar refractivity (Wildman–Crippen MR) is 94.5 cm³/mol. The molecule has 1 saturated heterocycles. The van der Waals surface area contributed by atoms with Crippen molar-refractivity contribution in [2.75, 3.05) is 25.5 Å². The monoisotopic (exact) mass is 321 g/mol. The number of nitrogens with zero attached hydrogens (tertiary/aromatic N) is 4. The Morgan fingerprint density at radius 2 is 2.08 bits per heavy atom. The highest BCUT2D eigenvalue weighted by atomic mass is 15.2. The molecule has 0 aliphatic carbocycles. The second-order valence-corrected chi connectivity index (χ2v) is 6.45. The van der Waals surface area contributed by atoms with Gasteiger partial charge in [0, 0.05) is 18.3 Å². The van der Waals surface area contributed by atoms with E-state index in [1.54, 1.807) is 6.07 Å². The maximum Gasteiger partial charge on any atom is 0.224 e. The van der Waals surface area contributed by atoms with Gasteiger partial charge < -0.3 is 5.32 Å². The molecule has 5 nitrogen and oxygen atoms in total. The molecule has 1 aromatic heterocycles. The number of benzene rings is 1. The van der Waals surface area contributed by atoms with Crippen LogP contribution in [0.15, 0.2) is 36.4 Å². The fraction of sp³-hybridized carbons (Fsp3) is 0.421. The summed E-state index contributed by atoms with van der Waals surface area (Å²) in [6.07, 6.45) is 2.37. The van der Waals surface area contributed by atoms with Crippen molar-refractivity contribution in [3.8, 4) is 6.07 Å². The predicted octanol–water partition coefficient (Wildman–Crippen LogP) is 3.15. The zero-order chi connectivity index (χ0) is 16.9. The normalized spacial score (nSPS) is 21.2. The Morgan fingerprint density at radius 3 is 2.83 bits per heavy atom. The van der Waals surface area contributed by atoms with E-state index in [9.17, 15) is 0 Å². The number of aryl methyl sites for hydroxylation is 1. The smallest absolute Gasteiger partial charge is 0.224 e. The zero-order valence-corrected chi connectivity index (χ0v) is 14.2. The van der Waals surface area contributed by atoms with Gasteiger partial charge in [0.05, 0.1) is 0 Å². The molecular weight excluding hydrogens is 298 g/mol. The van der Waals surface area contributed by atoms with Crippen LogP contribution in [-0.4, -0.2) is 35.0 Å². The third-order valence-electron chi connectivity index (χ3n) is 4.64. The van der Waals surface area contributed by atoms with Crippen molar-refractivity contribution in [1.29, 1.82) is 5.26 Å². The molecule has 2 aromatic rings. The fourth-order valence-electron chi connectivity index (χ4n) is 3.58. The first kappa shape index (κ1) is 16.4. The van der Waals surface area contributed by atoms with Crippen molar-refractivity contribution in [1.82, 2.24) is 14.9 Å². The summed E-state index contributed by atoms with van der Waals surface area (Å²) in [7, 11) is 2.20. The Kier molecular flexibility index (Phi) is 5.07. The lowest BCUT2D eigenvalue weighted by Crippen LogP contribution is -2.39. The van der Waals surface area contributed by atoms with Gasteiger partial charge in [-0.2, -0.15) is 5.26 Å². The summed E-state index contributed by atoms with van der Waals surface area (Å²) >= 11 is 0. The summed E-state index contributed by atoms with van der Waals surface area (Å²) < 4.78 is 0. The molecule has 1 fully saturated rings. The first-order chi connectivity index (χ1) is 11.7. The number of nitrogens with one attached hydrogen (secondary N) is 1. The Balaban J connectivity index is 1.75. The molecule has 0 amide bonds. The van der Waals surface area contributed by atoms with E-state index in [-0.39, 0.29) is 0 Å². The zero-order valence-electron chi connectivity index (χ0n) is 14.2. The van der Waals surface area contributed by atoms with Gasteiger partial charge in [-0.05, 0) is 50.9 Å². The number of aromatic nitrogens is 2. The van der Waals surface area contributed by atoms with Crippen LogP contribution in [0.1, 0.15) is 35.8 Å². The van der Waals surface area contributed by atoms with Gasteiger partial charge in [0.25, 0.3) is 0 Å². The second-order valence-electron chi connectivity index (χ2n) is 6.45. The summed E-state index contributed by atoms with van der Waals surface area (Å²) in [6, 6.07) is 14.9. The molecule has 0 saturated carbocycles. The van der Waals surface area contributed by atoms with Gasteiger partial charge in [-0.25, -0.2) is 9.97 Å². The highest BCUT2D eigenvalue weighted by molar-refractivity contribution is 5.33. The Labute approximate surface area is 143 Å². The van der Waals surface area contributed by atoms with E-state index in [0.29, 0.717) is 23.6 Å². The molecule has 1 aliphatic heterocycles. The highest BCUT2D eigenvalue weighted by Gasteiger charge is 2.30. The molecule has 2 atom stereocenters. The average Bonchev–Trinajstić information content (AvgIpc) is 2.60. The van der Waals surface area contributed by atoms with E-state index in [0.717, 1.165) is 18.8 Å². The Morgan fingerprint density at radius 1 is 1.29 bits per heavy atom. The summed E-state index contributed by atoms with van der Waals surface area (Å²) in [5.41, 5.74) is 2.57. The van der Waals surface area contributed by atoms with Gasteiger partial charge in [-0.3, -0.25) is 4.90 Å². The standard InChI is InChI=1S/C19H23N5/c1-14-11-17(12-20)23-19(22-14)21-13-16-9-6-10-24(2)18(16)15-7-4-3-5-8-15/h3-5,7-8,11,16,18H,6,9-10,13H2,1-2H3,(H,21,22,23)/t16-,18-/m1/s1. The summed E-state index contributed by atoms with van der Waals surface area (Å²) in [6.45, 7) is 3.81. The van der Waals surface area contributed by atoms with Crippen LogP contribution in [0.2, 0.25) is 0 Å². The van der Waals surface area contributed by atoms with Crippen LogP contribution < -0.4 is 5.32 Å². The van der Waals surface area contributed by atoms with Gasteiger partial charge in [0.1, 0.15) is 11.8 Å². The highest BCUT2D eigenvalue weighted by Crippen LogP contribution is 2.34. The molecule has 2 heterocycles. The molecule has 5 heteroatoms. The number of hydrogen-bond donors (Lipinski definition) is 1. The van der Waals surface area contributed by atoms with Gasteiger partial charge in [0.2, 0.25) is 5.95 Å². The average molecular weight is 321 g/mol. The summed E-state index contributed by atoms with van der Waals surface area (Å²) in [4.78, 5) is 11.1. The number of rotatable bonds is 4. The van der Waals surface area contributed by atoms with Crippen molar-refractivity contribution in [3.63, 3.8) is 0 Å². The lowest BCUT2D eigenvalue weighted by Gasteiger charge is -2.39. The molecule has 1 N–H and O–H groups in total. The van der Waals surface area contributed by atoms with Crippen LogP contribution in [0.3, 0.4) is 0 Å². The van der Waals surface area contributed by atoms with Crippen molar-refractivity contribution in [2.45, 2.75) is 25.8 Å². The molecule has 0 bridgehead atoms. The summed E-state index contributed by atoms with van der Waals surface area (Å²) in [5.74, 6) is 1.03. The first-order valence-corrected chi connectivity index (χ1v) is 8.42. The van der Waals surface area contributed by atoms with Crippen molar-refractivity contribution >= 4 is 5.95 Å². The molecular formula is C19H23N5. The van der Waals surface area contributed by atoms with E-state index in [1.807, 2.05) is 6.92 Å². The third kappa shape index (κ3) is 3.72. The molecule has 3 rings (SSSR count). The topological polar surface area (TPSA) is 64.8 Å². The van der Waals surface area contributed by atoms with E-state index in [2.05, 4.69) is 63.6 Å². The van der Waals surface area contributed by atoms with Crippen LogP contribution in [0, 0.1) is 24.2 Å². The Bertz CT molecular complexity index is 722. The molecule has 1 aliphatic rings. The minimum absolute atomic E-state index is 0.396. The third-order valence-corrected chi connectivity index (χ3v) is 4.64. The van der Waals surface area contributed by atoms with Gasteiger partial charge in [0.15, 0.2) is 0 Å². The minimum Gasteiger partial charge on any atom is -0.354 e. The lowest BCUT2D eigenvalue weighted by molar-refractivity contribution is 0.128. The SMILES string of the molecule is Cc1cc(C#N)nc(NC[C@H]2CCCN(C)[C@@H]2c2ccccc2)n1. The quantitative estimate of drug-likeness (QED) is 0.937. The van der Waals surface area contributed by atoms with Gasteiger partial charge in [-0.15, -0.1) is 0 Å².